The van der Waals surface area contributed by atoms with Crippen molar-refractivity contribution < 1.29 is 8.42 Å². The molecular weight excluding hydrogens is 318 g/mol. The van der Waals surface area contributed by atoms with Crippen LogP contribution in [0.2, 0.25) is 0 Å². The largest absolute Gasteiger partial charge is 0.232 e. The Morgan fingerprint density at radius 2 is 2.05 bits per heavy atom. The summed E-state index contributed by atoms with van der Waals surface area (Å²) in [5.41, 5.74) is 2.01. The number of hydrogen-bond acceptors (Lipinski definition) is 4. The SMILES string of the molecule is CNS(=O)(=O)C[C@@H](C)c1cc2c(cnn2-c2ccccc2)s1. The number of aromatic nitrogens is 2. The fraction of sp³-hybridized carbons (Fsp3) is 0.267. The molecule has 0 bridgehead atoms. The molecule has 0 aliphatic rings. The van der Waals surface area contributed by atoms with Crippen molar-refractivity contribution in [3.8, 4) is 5.69 Å². The molecular formula is C15H17N3O2S2. The molecule has 1 aromatic carbocycles. The molecule has 2 heterocycles. The van der Waals surface area contributed by atoms with E-state index in [0.29, 0.717) is 0 Å². The molecule has 116 valence electrons. The lowest BCUT2D eigenvalue weighted by atomic mass is 10.2. The average Bonchev–Trinajstić information content (AvgIpc) is 3.08. The molecule has 7 heteroatoms. The average molecular weight is 335 g/mol. The minimum Gasteiger partial charge on any atom is -0.232 e. The zero-order chi connectivity index (χ0) is 15.7. The standard InChI is InChI=1S/C15H17N3O2S2/c1-11(10-22(19,20)16-2)14-8-13-15(21-14)9-17-18(13)12-6-4-3-5-7-12/h3-9,11,16H,10H2,1-2H3/t11-/m1/s1. The van der Waals surface area contributed by atoms with E-state index in [4.69, 9.17) is 0 Å². The van der Waals surface area contributed by atoms with E-state index in [2.05, 4.69) is 9.82 Å². The fourth-order valence-corrected chi connectivity index (χ4v) is 4.53. The van der Waals surface area contributed by atoms with E-state index in [1.54, 1.807) is 11.3 Å². The second-order valence-electron chi connectivity index (χ2n) is 5.18. The molecule has 0 fully saturated rings. The number of nitrogens with one attached hydrogen (secondary N) is 1. The van der Waals surface area contributed by atoms with Crippen molar-refractivity contribution >= 4 is 31.6 Å². The van der Waals surface area contributed by atoms with Gasteiger partial charge in [-0.2, -0.15) is 5.10 Å². The molecule has 0 amide bonds. The van der Waals surface area contributed by atoms with E-state index in [1.165, 1.54) is 7.05 Å². The first-order valence-corrected chi connectivity index (χ1v) is 9.41. The van der Waals surface area contributed by atoms with E-state index in [-0.39, 0.29) is 11.7 Å². The maximum absolute atomic E-state index is 11.7. The molecule has 0 aliphatic heterocycles. The van der Waals surface area contributed by atoms with E-state index in [0.717, 1.165) is 20.8 Å². The van der Waals surface area contributed by atoms with Crippen LogP contribution < -0.4 is 4.72 Å². The highest BCUT2D eigenvalue weighted by atomic mass is 32.2. The summed E-state index contributed by atoms with van der Waals surface area (Å²) < 4.78 is 28.7. The quantitative estimate of drug-likeness (QED) is 0.780. The molecule has 0 aliphatic carbocycles. The Kier molecular flexibility index (Phi) is 4.03. The van der Waals surface area contributed by atoms with Gasteiger partial charge in [-0.3, -0.25) is 0 Å². The van der Waals surface area contributed by atoms with Gasteiger partial charge in [0.2, 0.25) is 10.0 Å². The lowest BCUT2D eigenvalue weighted by molar-refractivity contribution is 0.583. The molecule has 0 radical (unpaired) electrons. The summed E-state index contributed by atoms with van der Waals surface area (Å²) in [4.78, 5) is 1.05. The van der Waals surface area contributed by atoms with Crippen molar-refractivity contribution in [3.63, 3.8) is 0 Å². The molecule has 0 spiro atoms. The van der Waals surface area contributed by atoms with Crippen LogP contribution in [0.5, 0.6) is 0 Å². The van der Waals surface area contributed by atoms with Gasteiger partial charge in [0, 0.05) is 10.8 Å². The third-order valence-electron chi connectivity index (χ3n) is 3.54. The monoisotopic (exact) mass is 335 g/mol. The number of hydrogen-bond donors (Lipinski definition) is 1. The number of para-hydroxylation sites is 1. The Labute approximate surface area is 133 Å². The smallest absolute Gasteiger partial charge is 0.211 e. The second-order valence-corrected chi connectivity index (χ2v) is 8.26. The summed E-state index contributed by atoms with van der Waals surface area (Å²) in [6.45, 7) is 1.93. The van der Waals surface area contributed by atoms with Gasteiger partial charge in [-0.15, -0.1) is 11.3 Å². The molecule has 0 unspecified atom stereocenters. The molecule has 3 aromatic rings. The number of thiophene rings is 1. The molecule has 3 rings (SSSR count). The molecule has 0 saturated carbocycles. The van der Waals surface area contributed by atoms with Gasteiger partial charge in [0.25, 0.3) is 0 Å². The zero-order valence-corrected chi connectivity index (χ0v) is 14.0. The van der Waals surface area contributed by atoms with Crippen molar-refractivity contribution in [2.24, 2.45) is 0 Å². The summed E-state index contributed by atoms with van der Waals surface area (Å²) in [5.74, 6) is 0.0323. The van der Waals surface area contributed by atoms with Crippen molar-refractivity contribution in [2.75, 3.05) is 12.8 Å². The van der Waals surface area contributed by atoms with E-state index >= 15 is 0 Å². The first kappa shape index (κ1) is 15.2. The summed E-state index contributed by atoms with van der Waals surface area (Å²) in [6, 6.07) is 11.9. The minimum atomic E-state index is -3.22. The van der Waals surface area contributed by atoms with Crippen molar-refractivity contribution in [1.29, 1.82) is 0 Å². The highest BCUT2D eigenvalue weighted by molar-refractivity contribution is 7.89. The predicted molar refractivity (Wildman–Crippen MR) is 90.2 cm³/mol. The Bertz CT molecular complexity index is 882. The zero-order valence-electron chi connectivity index (χ0n) is 12.4. The third-order valence-corrected chi connectivity index (χ3v) is 6.40. The normalized spacial score (nSPS) is 13.5. The van der Waals surface area contributed by atoms with Gasteiger partial charge in [-0.05, 0) is 25.2 Å². The second kappa shape index (κ2) is 5.83. The van der Waals surface area contributed by atoms with Crippen molar-refractivity contribution in [2.45, 2.75) is 12.8 Å². The Morgan fingerprint density at radius 1 is 1.32 bits per heavy atom. The first-order valence-electron chi connectivity index (χ1n) is 6.94. The topological polar surface area (TPSA) is 64.0 Å². The number of benzene rings is 1. The Hall–Kier alpha value is -1.70. The highest BCUT2D eigenvalue weighted by Crippen LogP contribution is 2.32. The van der Waals surface area contributed by atoms with Crippen LogP contribution in [0.25, 0.3) is 15.9 Å². The maximum atomic E-state index is 11.7. The minimum absolute atomic E-state index is 0.0564. The highest BCUT2D eigenvalue weighted by Gasteiger charge is 2.19. The summed E-state index contributed by atoms with van der Waals surface area (Å²) >= 11 is 1.60. The fourth-order valence-electron chi connectivity index (χ4n) is 2.36. The van der Waals surface area contributed by atoms with Crippen LogP contribution in [0.15, 0.2) is 42.6 Å². The van der Waals surface area contributed by atoms with Crippen LogP contribution in [0, 0.1) is 0 Å². The van der Waals surface area contributed by atoms with Crippen LogP contribution in [0.3, 0.4) is 0 Å². The molecule has 1 atom stereocenters. The van der Waals surface area contributed by atoms with Crippen LogP contribution in [0.1, 0.15) is 17.7 Å². The maximum Gasteiger partial charge on any atom is 0.211 e. The van der Waals surface area contributed by atoms with Gasteiger partial charge in [-0.25, -0.2) is 17.8 Å². The van der Waals surface area contributed by atoms with Crippen molar-refractivity contribution in [3.05, 3.63) is 47.5 Å². The molecule has 1 N–H and O–H groups in total. The Morgan fingerprint density at radius 3 is 2.73 bits per heavy atom. The number of nitrogens with zero attached hydrogens (tertiary/aromatic N) is 2. The van der Waals surface area contributed by atoms with Crippen LogP contribution >= 0.6 is 11.3 Å². The molecule has 22 heavy (non-hydrogen) atoms. The predicted octanol–water partition coefficient (Wildman–Crippen LogP) is 2.74. The summed E-state index contributed by atoms with van der Waals surface area (Å²) in [7, 11) is -1.77. The lowest BCUT2D eigenvalue weighted by Gasteiger charge is -2.09. The van der Waals surface area contributed by atoms with Gasteiger partial charge < -0.3 is 0 Å². The summed E-state index contributed by atoms with van der Waals surface area (Å²) in [5, 5.41) is 4.41. The third kappa shape index (κ3) is 2.92. The van der Waals surface area contributed by atoms with Crippen LogP contribution in [0.4, 0.5) is 0 Å². The van der Waals surface area contributed by atoms with E-state index in [1.807, 2.05) is 54.2 Å². The molecule has 0 saturated heterocycles. The molecule has 5 nitrogen and oxygen atoms in total. The number of sulfonamides is 1. The molecule has 2 aromatic heterocycles. The van der Waals surface area contributed by atoms with Gasteiger partial charge in [-0.1, -0.05) is 25.1 Å². The van der Waals surface area contributed by atoms with Gasteiger partial charge in [0.05, 0.1) is 27.9 Å². The van der Waals surface area contributed by atoms with E-state index in [9.17, 15) is 8.42 Å². The van der Waals surface area contributed by atoms with Crippen LogP contribution in [-0.2, 0) is 10.0 Å². The van der Waals surface area contributed by atoms with Gasteiger partial charge >= 0.3 is 0 Å². The van der Waals surface area contributed by atoms with Gasteiger partial charge in [0.15, 0.2) is 0 Å². The van der Waals surface area contributed by atoms with Crippen LogP contribution in [-0.4, -0.2) is 31.0 Å². The number of rotatable bonds is 5. The first-order chi connectivity index (χ1) is 10.5. The number of fused-ring (bicyclic) bond motifs is 1. The summed E-state index contributed by atoms with van der Waals surface area (Å²) in [6.07, 6.45) is 1.83. The Balaban J connectivity index is 1.96. The van der Waals surface area contributed by atoms with Crippen molar-refractivity contribution in [1.82, 2.24) is 14.5 Å². The lowest BCUT2D eigenvalue weighted by Crippen LogP contribution is -2.24. The van der Waals surface area contributed by atoms with Gasteiger partial charge in [0.1, 0.15) is 0 Å². The van der Waals surface area contributed by atoms with E-state index < -0.39 is 10.0 Å².